The lowest BCUT2D eigenvalue weighted by Gasteiger charge is -2.14. The van der Waals surface area contributed by atoms with Gasteiger partial charge in [0.15, 0.2) is 0 Å². The molecule has 0 amide bonds. The van der Waals surface area contributed by atoms with E-state index in [1.807, 2.05) is 133 Å². The number of aromatic hydroxyl groups is 4. The number of rotatable bonds is 3. The zero-order valence-electron chi connectivity index (χ0n) is 32.1. The number of phenolic OH excluding ortho intramolecular Hbond substituents is 4. The summed E-state index contributed by atoms with van der Waals surface area (Å²) in [6.07, 6.45) is 0. The lowest BCUT2D eigenvalue weighted by atomic mass is 9.92. The second kappa shape index (κ2) is 14.8. The van der Waals surface area contributed by atoms with Crippen molar-refractivity contribution in [2.75, 3.05) is 0 Å². The van der Waals surface area contributed by atoms with Crippen LogP contribution in [0.4, 0.5) is 0 Å². The van der Waals surface area contributed by atoms with Gasteiger partial charge in [-0.05, 0) is 127 Å². The van der Waals surface area contributed by atoms with E-state index in [1.54, 1.807) is 24.3 Å². The Hall–Kier alpha value is -8.44. The van der Waals surface area contributed by atoms with E-state index < -0.39 is 0 Å². The van der Waals surface area contributed by atoms with Gasteiger partial charge in [0.25, 0.3) is 0 Å². The van der Waals surface area contributed by atoms with Crippen LogP contribution >= 0.6 is 0 Å². The first kappa shape index (κ1) is 35.9. The SMILES string of the molecule is Oc1ccc2ccccc2c1-c1c(O)ccc2cc(C#Cc3ccc(-c4ccc(C#Cc5ccc6c(-c7c(O)ccc8ccccc78)c(O)ccc6c5)cc4)cc3)ccc12. The maximum atomic E-state index is 11.0. The van der Waals surface area contributed by atoms with Gasteiger partial charge in [-0.15, -0.1) is 0 Å². The highest BCUT2D eigenvalue weighted by molar-refractivity contribution is 6.11. The van der Waals surface area contributed by atoms with Crippen molar-refractivity contribution in [3.63, 3.8) is 0 Å². The minimum Gasteiger partial charge on any atom is -0.507 e. The minimum atomic E-state index is 0.107. The molecule has 0 saturated carbocycles. The van der Waals surface area contributed by atoms with Crippen LogP contribution in [0.3, 0.4) is 0 Å². The van der Waals surface area contributed by atoms with E-state index in [4.69, 9.17) is 0 Å². The molecule has 4 heteroatoms. The van der Waals surface area contributed by atoms with E-state index in [1.165, 1.54) is 0 Å². The van der Waals surface area contributed by atoms with Gasteiger partial charge in [0.1, 0.15) is 23.0 Å². The molecule has 0 radical (unpaired) electrons. The van der Waals surface area contributed by atoms with Crippen LogP contribution in [0.2, 0.25) is 0 Å². The Kier molecular flexibility index (Phi) is 8.87. The average molecular weight is 771 g/mol. The summed E-state index contributed by atoms with van der Waals surface area (Å²) in [6.45, 7) is 0. The second-order valence-corrected chi connectivity index (χ2v) is 14.8. The molecule has 0 heterocycles. The molecule has 0 aliphatic heterocycles. The highest BCUT2D eigenvalue weighted by Gasteiger charge is 2.18. The van der Waals surface area contributed by atoms with Crippen LogP contribution in [0.15, 0.2) is 182 Å². The molecule has 60 heavy (non-hydrogen) atoms. The summed E-state index contributed by atoms with van der Waals surface area (Å²) in [5.74, 6) is 13.6. The molecule has 4 N–H and O–H groups in total. The monoisotopic (exact) mass is 770 g/mol. The van der Waals surface area contributed by atoms with Crippen molar-refractivity contribution in [3.05, 3.63) is 204 Å². The number of hydrogen-bond donors (Lipinski definition) is 4. The normalized spacial score (nSPS) is 11.0. The summed E-state index contributed by atoms with van der Waals surface area (Å²) in [7, 11) is 0. The first-order valence-corrected chi connectivity index (χ1v) is 19.6. The topological polar surface area (TPSA) is 80.9 Å². The van der Waals surface area contributed by atoms with Crippen LogP contribution in [0.1, 0.15) is 22.3 Å². The molecule has 4 nitrogen and oxygen atoms in total. The molecule has 10 aromatic carbocycles. The first-order valence-electron chi connectivity index (χ1n) is 19.6. The number of fused-ring (bicyclic) bond motifs is 4. The third kappa shape index (κ3) is 6.55. The molecular formula is C56H34O4. The Balaban J connectivity index is 0.864. The van der Waals surface area contributed by atoms with E-state index in [2.05, 4.69) is 47.9 Å². The van der Waals surface area contributed by atoms with Crippen molar-refractivity contribution in [3.8, 4) is 80.1 Å². The fourth-order valence-electron chi connectivity index (χ4n) is 8.14. The van der Waals surface area contributed by atoms with Crippen LogP contribution in [0.25, 0.3) is 76.5 Å². The summed E-state index contributed by atoms with van der Waals surface area (Å²) < 4.78 is 0. The largest absolute Gasteiger partial charge is 0.507 e. The standard InChI is InChI=1S/C56H34O4/c57-49-29-23-41-5-1-3-7-45(41)53(49)55-47-27-17-37(33-43(47)25-31-51(55)59)11-9-35-13-19-39(20-14-35)40-21-15-36(16-22-40)10-12-38-18-28-48-44(34-38)26-32-52(60)56(48)54-46-8-4-2-6-42(46)24-30-50(54)58/h1-8,13-34,57-60H. The average Bonchev–Trinajstić information content (AvgIpc) is 3.28. The summed E-state index contributed by atoms with van der Waals surface area (Å²) in [5.41, 5.74) is 8.02. The predicted octanol–water partition coefficient (Wildman–Crippen LogP) is 12.9. The Labute approximate surface area is 346 Å². The predicted molar refractivity (Wildman–Crippen MR) is 244 cm³/mol. The highest BCUT2D eigenvalue weighted by atomic mass is 16.3. The van der Waals surface area contributed by atoms with Crippen molar-refractivity contribution >= 4 is 43.1 Å². The molecular weight excluding hydrogens is 737 g/mol. The Morgan fingerprint density at radius 1 is 0.250 bits per heavy atom. The van der Waals surface area contributed by atoms with Gasteiger partial charge in [-0.3, -0.25) is 0 Å². The molecule has 0 aliphatic carbocycles. The van der Waals surface area contributed by atoms with Gasteiger partial charge in [0.2, 0.25) is 0 Å². The van der Waals surface area contributed by atoms with E-state index in [0.717, 1.165) is 76.5 Å². The molecule has 10 aromatic rings. The van der Waals surface area contributed by atoms with Crippen molar-refractivity contribution < 1.29 is 20.4 Å². The van der Waals surface area contributed by atoms with Gasteiger partial charge < -0.3 is 20.4 Å². The Morgan fingerprint density at radius 3 is 0.933 bits per heavy atom. The summed E-state index contributed by atoms with van der Waals surface area (Å²) in [5, 5.41) is 51.0. The zero-order chi connectivity index (χ0) is 40.7. The van der Waals surface area contributed by atoms with Crippen LogP contribution in [-0.2, 0) is 0 Å². The maximum Gasteiger partial charge on any atom is 0.124 e. The van der Waals surface area contributed by atoms with E-state index >= 15 is 0 Å². The Bertz CT molecular complexity index is 3230. The van der Waals surface area contributed by atoms with Crippen LogP contribution in [0, 0.1) is 23.7 Å². The third-order valence-electron chi connectivity index (χ3n) is 11.1. The van der Waals surface area contributed by atoms with Gasteiger partial charge in [-0.25, -0.2) is 0 Å². The summed E-state index contributed by atoms with van der Waals surface area (Å²) >= 11 is 0. The quantitative estimate of drug-likeness (QED) is 0.135. The van der Waals surface area contributed by atoms with E-state index in [9.17, 15) is 20.4 Å². The lowest BCUT2D eigenvalue weighted by Crippen LogP contribution is -1.88. The smallest absolute Gasteiger partial charge is 0.124 e. The molecule has 0 spiro atoms. The minimum absolute atomic E-state index is 0.107. The van der Waals surface area contributed by atoms with Crippen molar-refractivity contribution in [1.29, 1.82) is 0 Å². The molecule has 10 rings (SSSR count). The second-order valence-electron chi connectivity index (χ2n) is 14.8. The maximum absolute atomic E-state index is 11.0. The van der Waals surface area contributed by atoms with Gasteiger partial charge in [0, 0.05) is 44.5 Å². The van der Waals surface area contributed by atoms with Gasteiger partial charge >= 0.3 is 0 Å². The van der Waals surface area contributed by atoms with Crippen molar-refractivity contribution in [2.24, 2.45) is 0 Å². The van der Waals surface area contributed by atoms with E-state index in [0.29, 0.717) is 22.3 Å². The van der Waals surface area contributed by atoms with Crippen LogP contribution < -0.4 is 0 Å². The molecule has 0 aromatic heterocycles. The van der Waals surface area contributed by atoms with Crippen molar-refractivity contribution in [2.45, 2.75) is 0 Å². The molecule has 0 atom stereocenters. The number of hydrogen-bond acceptors (Lipinski definition) is 4. The molecule has 0 saturated heterocycles. The Morgan fingerprint density at radius 2 is 0.550 bits per heavy atom. The van der Waals surface area contributed by atoms with Crippen molar-refractivity contribution in [1.82, 2.24) is 0 Å². The molecule has 0 bridgehead atoms. The van der Waals surface area contributed by atoms with Gasteiger partial charge in [-0.1, -0.05) is 133 Å². The summed E-state index contributed by atoms with van der Waals surface area (Å²) in [6, 6.07) is 58.0. The number of benzene rings is 10. The zero-order valence-corrected chi connectivity index (χ0v) is 32.1. The molecule has 0 aliphatic rings. The lowest BCUT2D eigenvalue weighted by molar-refractivity contribution is 0.470. The molecule has 0 unspecified atom stereocenters. The first-order chi connectivity index (χ1) is 29.4. The van der Waals surface area contributed by atoms with Crippen LogP contribution in [-0.4, -0.2) is 20.4 Å². The fraction of sp³-hybridized carbons (Fsp3) is 0. The third-order valence-corrected chi connectivity index (χ3v) is 11.1. The van der Waals surface area contributed by atoms with Gasteiger partial charge in [-0.2, -0.15) is 0 Å². The number of phenols is 4. The van der Waals surface area contributed by atoms with E-state index in [-0.39, 0.29) is 23.0 Å². The fourth-order valence-corrected chi connectivity index (χ4v) is 8.14. The van der Waals surface area contributed by atoms with Gasteiger partial charge in [0.05, 0.1) is 0 Å². The highest BCUT2D eigenvalue weighted by Crippen LogP contribution is 2.46. The molecule has 0 fully saturated rings. The molecule has 282 valence electrons. The van der Waals surface area contributed by atoms with Crippen LogP contribution in [0.5, 0.6) is 23.0 Å². The summed E-state index contributed by atoms with van der Waals surface area (Å²) in [4.78, 5) is 0.